The Kier molecular flexibility index (Phi) is 4.74. The highest BCUT2D eigenvalue weighted by Gasteiger charge is 2.17. The van der Waals surface area contributed by atoms with Crippen molar-refractivity contribution in [1.29, 1.82) is 0 Å². The summed E-state index contributed by atoms with van der Waals surface area (Å²) in [4.78, 5) is 8.69. The van der Waals surface area contributed by atoms with Gasteiger partial charge in [-0.05, 0) is 19.9 Å². The van der Waals surface area contributed by atoms with E-state index in [9.17, 15) is 0 Å². The molecular weight excluding hydrogens is 238 g/mol. The quantitative estimate of drug-likeness (QED) is 0.828. The molecule has 0 saturated carbocycles. The predicted octanol–water partition coefficient (Wildman–Crippen LogP) is 1.92. The molecule has 0 aliphatic rings. The third kappa shape index (κ3) is 3.23. The average molecular weight is 261 g/mol. The zero-order chi connectivity index (χ0) is 13.7. The van der Waals surface area contributed by atoms with Crippen LogP contribution in [0, 0.1) is 0 Å². The van der Waals surface area contributed by atoms with Crippen LogP contribution in [-0.2, 0) is 20.0 Å². The molecule has 1 N–H and O–H groups in total. The van der Waals surface area contributed by atoms with Crippen LogP contribution in [0.15, 0.2) is 24.9 Å². The Morgan fingerprint density at radius 1 is 1.37 bits per heavy atom. The minimum Gasteiger partial charge on any atom is -0.336 e. The number of aromatic nitrogens is 4. The summed E-state index contributed by atoms with van der Waals surface area (Å²) in [6, 6.07) is 0.264. The second-order valence-electron chi connectivity index (χ2n) is 4.77. The zero-order valence-electron chi connectivity index (χ0n) is 12.0. The van der Waals surface area contributed by atoms with E-state index in [0.29, 0.717) is 0 Å². The lowest BCUT2D eigenvalue weighted by Gasteiger charge is -2.19. The van der Waals surface area contributed by atoms with Crippen LogP contribution < -0.4 is 5.32 Å². The maximum Gasteiger partial charge on any atom is 0.110 e. The maximum atomic E-state index is 4.47. The number of nitrogens with zero attached hydrogens (tertiary/aromatic N) is 4. The van der Waals surface area contributed by atoms with Gasteiger partial charge in [0.25, 0.3) is 0 Å². The van der Waals surface area contributed by atoms with Gasteiger partial charge in [0.15, 0.2) is 0 Å². The molecule has 0 aliphatic heterocycles. The molecule has 19 heavy (non-hydrogen) atoms. The molecule has 5 heteroatoms. The van der Waals surface area contributed by atoms with Crippen molar-refractivity contribution in [3.63, 3.8) is 0 Å². The number of nitrogens with one attached hydrogen (secondary N) is 1. The number of aryl methyl sites for hydroxylation is 2. The first-order valence-electron chi connectivity index (χ1n) is 6.95. The van der Waals surface area contributed by atoms with Gasteiger partial charge in [0.1, 0.15) is 5.82 Å². The molecular formula is C14H23N5. The van der Waals surface area contributed by atoms with Crippen molar-refractivity contribution in [2.75, 3.05) is 6.54 Å². The molecule has 1 atom stereocenters. The predicted molar refractivity (Wildman–Crippen MR) is 75.8 cm³/mol. The van der Waals surface area contributed by atoms with Gasteiger partial charge in [-0.3, -0.25) is 0 Å². The Bertz CT molecular complexity index is 499. The first kappa shape index (κ1) is 13.8. The third-order valence-corrected chi connectivity index (χ3v) is 3.38. The lowest BCUT2D eigenvalue weighted by atomic mass is 10.1. The van der Waals surface area contributed by atoms with Gasteiger partial charge < -0.3 is 14.5 Å². The van der Waals surface area contributed by atoms with Gasteiger partial charge in [-0.25, -0.2) is 9.97 Å². The third-order valence-electron chi connectivity index (χ3n) is 3.38. The van der Waals surface area contributed by atoms with E-state index in [-0.39, 0.29) is 6.04 Å². The monoisotopic (exact) mass is 261 g/mol. The van der Waals surface area contributed by atoms with Crippen molar-refractivity contribution in [3.8, 4) is 0 Å². The highest BCUT2D eigenvalue weighted by molar-refractivity contribution is 5.09. The van der Waals surface area contributed by atoms with Gasteiger partial charge >= 0.3 is 0 Å². The van der Waals surface area contributed by atoms with Crippen molar-refractivity contribution < 1.29 is 0 Å². The lowest BCUT2D eigenvalue weighted by molar-refractivity contribution is 0.485. The summed E-state index contributed by atoms with van der Waals surface area (Å²) in [6.45, 7) is 6.29. The number of rotatable bonds is 7. The molecule has 0 spiro atoms. The van der Waals surface area contributed by atoms with E-state index in [2.05, 4.69) is 38.3 Å². The Morgan fingerprint density at radius 3 is 2.84 bits per heavy atom. The molecule has 104 valence electrons. The zero-order valence-corrected chi connectivity index (χ0v) is 12.0. The Morgan fingerprint density at radius 2 is 2.21 bits per heavy atom. The highest BCUT2D eigenvalue weighted by atomic mass is 15.1. The molecule has 0 aromatic carbocycles. The number of hydrogen-bond acceptors (Lipinski definition) is 3. The van der Waals surface area contributed by atoms with Crippen molar-refractivity contribution in [2.24, 2.45) is 7.05 Å². The van der Waals surface area contributed by atoms with Crippen LogP contribution in [0.5, 0.6) is 0 Å². The van der Waals surface area contributed by atoms with Crippen LogP contribution in [0.4, 0.5) is 0 Å². The molecule has 0 fully saturated rings. The van der Waals surface area contributed by atoms with E-state index in [1.165, 1.54) is 5.69 Å². The van der Waals surface area contributed by atoms with E-state index in [4.69, 9.17) is 0 Å². The van der Waals surface area contributed by atoms with Crippen molar-refractivity contribution in [2.45, 2.75) is 39.3 Å². The summed E-state index contributed by atoms with van der Waals surface area (Å²) >= 11 is 0. The van der Waals surface area contributed by atoms with E-state index in [1.54, 1.807) is 0 Å². The summed E-state index contributed by atoms with van der Waals surface area (Å²) in [6.07, 6.45) is 9.71. The first-order chi connectivity index (χ1) is 9.26. The molecule has 0 aliphatic carbocycles. The van der Waals surface area contributed by atoms with Crippen molar-refractivity contribution >= 4 is 0 Å². The summed E-state index contributed by atoms with van der Waals surface area (Å²) in [5, 5.41) is 3.59. The fourth-order valence-electron chi connectivity index (χ4n) is 2.30. The van der Waals surface area contributed by atoms with Crippen molar-refractivity contribution in [1.82, 2.24) is 24.4 Å². The van der Waals surface area contributed by atoms with Crippen LogP contribution >= 0.6 is 0 Å². The molecule has 2 heterocycles. The van der Waals surface area contributed by atoms with E-state index in [1.807, 2.05) is 32.0 Å². The highest BCUT2D eigenvalue weighted by Crippen LogP contribution is 2.17. The van der Waals surface area contributed by atoms with E-state index in [0.717, 1.165) is 31.8 Å². The Labute approximate surface area is 114 Å². The molecule has 0 amide bonds. The molecule has 0 bridgehead atoms. The Balaban J connectivity index is 2.17. The largest absolute Gasteiger partial charge is 0.336 e. The summed E-state index contributed by atoms with van der Waals surface area (Å²) in [7, 11) is 2.04. The number of hydrogen-bond donors (Lipinski definition) is 1. The van der Waals surface area contributed by atoms with Gasteiger partial charge in [-0.1, -0.05) is 6.92 Å². The van der Waals surface area contributed by atoms with Crippen molar-refractivity contribution in [3.05, 3.63) is 36.4 Å². The smallest absolute Gasteiger partial charge is 0.110 e. The summed E-state index contributed by atoms with van der Waals surface area (Å²) in [5.41, 5.74) is 1.21. The molecule has 2 rings (SSSR count). The van der Waals surface area contributed by atoms with Crippen LogP contribution in [0.2, 0.25) is 0 Å². The van der Waals surface area contributed by atoms with Crippen LogP contribution in [0.3, 0.4) is 0 Å². The maximum absolute atomic E-state index is 4.47. The SMILES string of the molecule is CCCNC(Cc1nccn1CC)c1cncn1C. The summed E-state index contributed by atoms with van der Waals surface area (Å²) in [5.74, 6) is 1.12. The second kappa shape index (κ2) is 6.52. The molecule has 1 unspecified atom stereocenters. The van der Waals surface area contributed by atoms with Gasteiger partial charge in [0.05, 0.1) is 18.1 Å². The summed E-state index contributed by atoms with van der Waals surface area (Å²) < 4.78 is 4.27. The molecule has 2 aromatic rings. The minimum absolute atomic E-state index is 0.264. The van der Waals surface area contributed by atoms with E-state index < -0.39 is 0 Å². The molecule has 5 nitrogen and oxygen atoms in total. The topological polar surface area (TPSA) is 47.7 Å². The average Bonchev–Trinajstić information content (AvgIpc) is 3.03. The molecule has 2 aromatic heterocycles. The second-order valence-corrected chi connectivity index (χ2v) is 4.77. The minimum atomic E-state index is 0.264. The van der Waals surface area contributed by atoms with Crippen LogP contribution in [-0.4, -0.2) is 25.6 Å². The fraction of sp³-hybridized carbons (Fsp3) is 0.571. The standard InChI is InChI=1S/C14H23N5/c1-4-6-16-12(13-10-15-11-18(13)3)9-14-17-7-8-19(14)5-2/h7-8,10-12,16H,4-6,9H2,1-3H3. The van der Waals surface area contributed by atoms with E-state index >= 15 is 0 Å². The van der Waals surface area contributed by atoms with Crippen LogP contribution in [0.25, 0.3) is 0 Å². The van der Waals surface area contributed by atoms with Gasteiger partial charge in [0.2, 0.25) is 0 Å². The normalized spacial score (nSPS) is 12.8. The Hall–Kier alpha value is -1.62. The van der Waals surface area contributed by atoms with Gasteiger partial charge in [-0.15, -0.1) is 0 Å². The number of imidazole rings is 2. The van der Waals surface area contributed by atoms with Gasteiger partial charge in [0, 0.05) is 38.6 Å². The molecule has 0 saturated heterocycles. The lowest BCUT2D eigenvalue weighted by Crippen LogP contribution is -2.27. The first-order valence-corrected chi connectivity index (χ1v) is 6.95. The van der Waals surface area contributed by atoms with Gasteiger partial charge in [-0.2, -0.15) is 0 Å². The fourth-order valence-corrected chi connectivity index (χ4v) is 2.30. The molecule has 0 radical (unpaired) electrons. The van der Waals surface area contributed by atoms with Crippen LogP contribution in [0.1, 0.15) is 37.8 Å².